The maximum Gasteiger partial charge on any atom is 0.290 e. The largest absolute Gasteiger partial charge is 0.486 e. The number of hydrogen-bond donors (Lipinski definition) is 0. The van der Waals surface area contributed by atoms with Crippen molar-refractivity contribution in [3.05, 3.63) is 95.6 Å². The van der Waals surface area contributed by atoms with Crippen LogP contribution in [0.25, 0.3) is 4.91 Å². The zero-order valence-electron chi connectivity index (χ0n) is 17.8. The smallest absolute Gasteiger partial charge is 0.290 e. The van der Waals surface area contributed by atoms with E-state index in [0.29, 0.717) is 25.5 Å². The Bertz CT molecular complexity index is 1030. The highest BCUT2D eigenvalue weighted by atomic mass is 32.2. The van der Waals surface area contributed by atoms with Crippen LogP contribution in [0.5, 0.6) is 0 Å². The van der Waals surface area contributed by atoms with Gasteiger partial charge in [0.1, 0.15) is 5.76 Å². The number of anilines is 1. The van der Waals surface area contributed by atoms with E-state index in [1.807, 2.05) is 56.6 Å². The summed E-state index contributed by atoms with van der Waals surface area (Å²) in [6, 6.07) is 21.9. The molecule has 1 aliphatic heterocycles. The summed E-state index contributed by atoms with van der Waals surface area (Å²) in [5.74, 6) is 1.85. The number of hydrogen-bond acceptors (Lipinski definition) is 5. The molecule has 160 valence electrons. The quantitative estimate of drug-likeness (QED) is 0.523. The molecule has 1 aliphatic rings. The van der Waals surface area contributed by atoms with E-state index in [1.165, 1.54) is 0 Å². The Hall–Kier alpha value is -3.12. The molecule has 3 aromatic rings. The average Bonchev–Trinajstić information content (AvgIpc) is 3.32. The molecular weight excluding hydrogens is 408 g/mol. The van der Waals surface area contributed by atoms with Crippen molar-refractivity contribution >= 4 is 28.3 Å². The van der Waals surface area contributed by atoms with Crippen molar-refractivity contribution in [2.45, 2.75) is 13.1 Å². The summed E-state index contributed by atoms with van der Waals surface area (Å²) in [6.45, 7) is 1.36. The molecule has 0 aliphatic carbocycles. The third kappa shape index (κ3) is 5.14. The second-order valence-corrected chi connectivity index (χ2v) is 8.63. The predicted molar refractivity (Wildman–Crippen MR) is 126 cm³/mol. The molecule has 2 heterocycles. The molecule has 0 atom stereocenters. The number of rotatable bonds is 7. The lowest BCUT2D eigenvalue weighted by atomic mass is 10.1. The molecule has 0 unspecified atom stereocenters. The van der Waals surface area contributed by atoms with Gasteiger partial charge in [-0.15, -0.1) is 11.8 Å². The number of furan rings is 1. The van der Waals surface area contributed by atoms with Crippen LogP contribution in [-0.4, -0.2) is 37.3 Å². The molecule has 0 radical (unpaired) electrons. The number of carbonyl (C=O) groups is 1. The van der Waals surface area contributed by atoms with Crippen LogP contribution >= 0.6 is 11.8 Å². The topological polar surface area (TPSA) is 45.9 Å². The van der Waals surface area contributed by atoms with Gasteiger partial charge in [0.15, 0.2) is 5.76 Å². The van der Waals surface area contributed by atoms with E-state index < -0.39 is 0 Å². The first-order valence-corrected chi connectivity index (χ1v) is 11.2. The van der Waals surface area contributed by atoms with Crippen LogP contribution in [0, 0.1) is 0 Å². The van der Waals surface area contributed by atoms with Crippen LogP contribution in [0.2, 0.25) is 0 Å². The van der Waals surface area contributed by atoms with Crippen molar-refractivity contribution in [1.82, 2.24) is 4.90 Å². The fraction of sp³-hybridized carbons (Fsp3) is 0.240. The molecule has 0 bridgehead atoms. The van der Waals surface area contributed by atoms with Gasteiger partial charge in [0.05, 0.1) is 24.3 Å². The van der Waals surface area contributed by atoms with E-state index in [4.69, 9.17) is 9.15 Å². The van der Waals surface area contributed by atoms with E-state index in [0.717, 1.165) is 33.2 Å². The summed E-state index contributed by atoms with van der Waals surface area (Å²) in [5.41, 5.74) is 3.17. The molecule has 0 N–H and O–H groups in total. The Balaban J connectivity index is 1.65. The SMILES string of the molecule is CN(C)c1ccc(CN(Cc2ccco2)C(=O)C2=C(c3ccccc3)SCCO2)cc1. The van der Waals surface area contributed by atoms with Gasteiger partial charge in [-0.1, -0.05) is 42.5 Å². The molecule has 1 aromatic heterocycles. The van der Waals surface area contributed by atoms with Crippen LogP contribution in [-0.2, 0) is 22.6 Å². The molecular formula is C25H26N2O3S. The molecule has 0 saturated carbocycles. The standard InChI is InChI=1S/C25H26N2O3S/c1-26(2)21-12-10-19(11-13-21)17-27(18-22-9-6-14-29-22)25(28)23-24(31-16-15-30-23)20-7-4-3-5-8-20/h3-14H,15-18H2,1-2H3. The van der Waals surface area contributed by atoms with Gasteiger partial charge in [-0.3, -0.25) is 4.79 Å². The van der Waals surface area contributed by atoms with Crippen molar-refractivity contribution in [3.8, 4) is 0 Å². The Kier molecular flexibility index (Phi) is 6.67. The van der Waals surface area contributed by atoms with Gasteiger partial charge in [-0.25, -0.2) is 0 Å². The molecule has 6 heteroatoms. The van der Waals surface area contributed by atoms with E-state index in [1.54, 1.807) is 22.9 Å². The van der Waals surface area contributed by atoms with Crippen LogP contribution in [0.15, 0.2) is 83.2 Å². The van der Waals surface area contributed by atoms with Gasteiger partial charge in [-0.2, -0.15) is 0 Å². The van der Waals surface area contributed by atoms with Gasteiger partial charge >= 0.3 is 0 Å². The molecule has 4 rings (SSSR count). The predicted octanol–water partition coefficient (Wildman–Crippen LogP) is 5.01. The summed E-state index contributed by atoms with van der Waals surface area (Å²) in [6.07, 6.45) is 1.63. The second kappa shape index (κ2) is 9.79. The van der Waals surface area contributed by atoms with Crippen LogP contribution in [0.3, 0.4) is 0 Å². The molecule has 0 saturated heterocycles. The van der Waals surface area contributed by atoms with Crippen molar-refractivity contribution in [3.63, 3.8) is 0 Å². The van der Waals surface area contributed by atoms with Gasteiger partial charge in [-0.05, 0) is 35.4 Å². The minimum atomic E-state index is -0.126. The van der Waals surface area contributed by atoms with Crippen LogP contribution in [0.4, 0.5) is 5.69 Å². The third-order valence-electron chi connectivity index (χ3n) is 5.05. The number of benzene rings is 2. The minimum absolute atomic E-state index is 0.126. The van der Waals surface area contributed by atoms with Gasteiger partial charge in [0.25, 0.3) is 5.91 Å². The van der Waals surface area contributed by atoms with E-state index in [2.05, 4.69) is 29.2 Å². The zero-order valence-corrected chi connectivity index (χ0v) is 18.6. The maximum atomic E-state index is 13.7. The third-order valence-corrected chi connectivity index (χ3v) is 6.13. The van der Waals surface area contributed by atoms with Crippen molar-refractivity contribution in [2.75, 3.05) is 31.4 Å². The average molecular weight is 435 g/mol. The lowest BCUT2D eigenvalue weighted by Crippen LogP contribution is -2.33. The number of nitrogens with zero attached hydrogens (tertiary/aromatic N) is 2. The fourth-order valence-corrected chi connectivity index (χ4v) is 4.39. The monoisotopic (exact) mass is 434 g/mol. The van der Waals surface area contributed by atoms with Crippen molar-refractivity contribution in [1.29, 1.82) is 0 Å². The minimum Gasteiger partial charge on any atom is -0.486 e. The second-order valence-electron chi connectivity index (χ2n) is 7.52. The highest BCUT2D eigenvalue weighted by molar-refractivity contribution is 8.08. The summed E-state index contributed by atoms with van der Waals surface area (Å²) < 4.78 is 11.5. The highest BCUT2D eigenvalue weighted by Crippen LogP contribution is 2.35. The van der Waals surface area contributed by atoms with Gasteiger partial charge in [0, 0.05) is 32.1 Å². The summed E-state index contributed by atoms with van der Waals surface area (Å²) >= 11 is 1.67. The lowest BCUT2D eigenvalue weighted by Gasteiger charge is -2.27. The van der Waals surface area contributed by atoms with E-state index in [9.17, 15) is 4.79 Å². The fourth-order valence-electron chi connectivity index (χ4n) is 3.44. The number of thioether (sulfide) groups is 1. The van der Waals surface area contributed by atoms with Crippen molar-refractivity contribution < 1.29 is 13.9 Å². The van der Waals surface area contributed by atoms with E-state index >= 15 is 0 Å². The first-order chi connectivity index (χ1) is 15.1. The Morgan fingerprint density at radius 1 is 0.968 bits per heavy atom. The van der Waals surface area contributed by atoms with E-state index in [-0.39, 0.29) is 5.91 Å². The van der Waals surface area contributed by atoms with Gasteiger partial charge in [0.2, 0.25) is 0 Å². The summed E-state index contributed by atoms with van der Waals surface area (Å²) in [7, 11) is 4.02. The number of amides is 1. The highest BCUT2D eigenvalue weighted by Gasteiger charge is 2.28. The Morgan fingerprint density at radius 3 is 2.42 bits per heavy atom. The molecule has 1 amide bonds. The summed E-state index contributed by atoms with van der Waals surface area (Å²) in [4.78, 5) is 18.4. The Morgan fingerprint density at radius 2 is 1.74 bits per heavy atom. The maximum absolute atomic E-state index is 13.7. The first kappa shape index (κ1) is 21.1. The Labute approximate surface area is 187 Å². The van der Waals surface area contributed by atoms with Crippen LogP contribution < -0.4 is 4.90 Å². The normalized spacial score (nSPS) is 13.6. The molecule has 31 heavy (non-hydrogen) atoms. The lowest BCUT2D eigenvalue weighted by molar-refractivity contribution is -0.132. The first-order valence-electron chi connectivity index (χ1n) is 10.2. The number of carbonyl (C=O) groups excluding carboxylic acids is 1. The molecule has 2 aromatic carbocycles. The van der Waals surface area contributed by atoms with Gasteiger partial charge < -0.3 is 19.0 Å². The zero-order chi connectivity index (χ0) is 21.6. The summed E-state index contributed by atoms with van der Waals surface area (Å²) in [5, 5.41) is 0. The molecule has 0 fully saturated rings. The van der Waals surface area contributed by atoms with Crippen LogP contribution in [0.1, 0.15) is 16.9 Å². The number of ether oxygens (including phenoxy) is 1. The molecule has 5 nitrogen and oxygen atoms in total. The van der Waals surface area contributed by atoms with Crippen molar-refractivity contribution in [2.24, 2.45) is 0 Å². The molecule has 0 spiro atoms.